The van der Waals surface area contributed by atoms with E-state index in [1.54, 1.807) is 31.4 Å². The maximum atomic E-state index is 11.7. The molecule has 2 amide bonds. The lowest BCUT2D eigenvalue weighted by molar-refractivity contribution is -0.121. The highest BCUT2D eigenvalue weighted by Crippen LogP contribution is 2.16. The Balaban J connectivity index is 2.64. The fourth-order valence-electron chi connectivity index (χ4n) is 1.94. The molecule has 6 heteroatoms. The minimum atomic E-state index is -0.153. The largest absolute Gasteiger partial charge is 0.383 e. The Hall–Kier alpha value is -2.21. The number of nitrogens with zero attached hydrogens (tertiary/aromatic N) is 1. The Morgan fingerprint density at radius 2 is 1.77 bits per heavy atom. The number of hydrogen-bond donors (Lipinski definition) is 1. The summed E-state index contributed by atoms with van der Waals surface area (Å²) in [5.74, 6) is -0.317. The van der Waals surface area contributed by atoms with Gasteiger partial charge in [-0.1, -0.05) is 0 Å². The van der Waals surface area contributed by atoms with Gasteiger partial charge in [-0.2, -0.15) is 0 Å². The Morgan fingerprint density at radius 3 is 2.27 bits per heavy atom. The zero-order valence-electron chi connectivity index (χ0n) is 13.2. The summed E-state index contributed by atoms with van der Waals surface area (Å²) in [6.45, 7) is 4.12. The molecule has 0 bridgehead atoms. The van der Waals surface area contributed by atoms with Gasteiger partial charge in [0, 0.05) is 44.8 Å². The number of rotatable bonds is 8. The van der Waals surface area contributed by atoms with Crippen LogP contribution in [0, 0.1) is 0 Å². The van der Waals surface area contributed by atoms with Crippen LogP contribution in [-0.2, 0) is 14.3 Å². The number of benzene rings is 1. The first-order valence-corrected chi connectivity index (χ1v) is 7.10. The molecular weight excluding hydrogens is 284 g/mol. The number of anilines is 1. The van der Waals surface area contributed by atoms with E-state index < -0.39 is 0 Å². The molecule has 0 atom stereocenters. The number of amides is 2. The third-order valence-electron chi connectivity index (χ3n) is 3.16. The van der Waals surface area contributed by atoms with Gasteiger partial charge in [0.25, 0.3) is 0 Å². The minimum absolute atomic E-state index is 0.0292. The van der Waals surface area contributed by atoms with Gasteiger partial charge in [-0.05, 0) is 31.2 Å². The van der Waals surface area contributed by atoms with Crippen LogP contribution in [0.4, 0.5) is 5.69 Å². The van der Waals surface area contributed by atoms with Crippen LogP contribution in [-0.4, -0.2) is 44.4 Å². The lowest BCUT2D eigenvalue weighted by Gasteiger charge is -2.21. The maximum absolute atomic E-state index is 11.7. The molecule has 22 heavy (non-hydrogen) atoms. The summed E-state index contributed by atoms with van der Waals surface area (Å²) >= 11 is 0. The average molecular weight is 306 g/mol. The van der Waals surface area contributed by atoms with Crippen LogP contribution in [0.2, 0.25) is 0 Å². The number of nitrogens with one attached hydrogen (secondary N) is 1. The van der Waals surface area contributed by atoms with Crippen LogP contribution in [0.25, 0.3) is 0 Å². The molecular formula is C16H22N2O4. The molecule has 6 nitrogen and oxygen atoms in total. The smallest absolute Gasteiger partial charge is 0.223 e. The molecule has 0 saturated heterocycles. The van der Waals surface area contributed by atoms with Gasteiger partial charge in [-0.25, -0.2) is 0 Å². The van der Waals surface area contributed by atoms with E-state index in [2.05, 4.69) is 5.32 Å². The van der Waals surface area contributed by atoms with Crippen molar-refractivity contribution < 1.29 is 19.1 Å². The van der Waals surface area contributed by atoms with Crippen molar-refractivity contribution >= 4 is 23.3 Å². The standard InChI is InChI=1S/C16H22N2O4/c1-12(19)14-4-6-15(7-5-14)18(13(2)20)10-8-16(21)17-9-11-22-3/h4-7H,8-11H2,1-3H3,(H,17,21). The summed E-state index contributed by atoms with van der Waals surface area (Å²) in [6.07, 6.45) is 0.206. The number of carbonyl (C=O) groups excluding carboxylic acids is 3. The SMILES string of the molecule is COCCNC(=O)CCN(C(C)=O)c1ccc(C(C)=O)cc1. The van der Waals surface area contributed by atoms with Crippen molar-refractivity contribution in [1.82, 2.24) is 5.32 Å². The second kappa shape index (κ2) is 8.94. The van der Waals surface area contributed by atoms with Gasteiger partial charge in [0.05, 0.1) is 6.61 Å². The zero-order chi connectivity index (χ0) is 16.5. The molecule has 0 aliphatic heterocycles. The van der Waals surface area contributed by atoms with Gasteiger partial charge in [0.2, 0.25) is 11.8 Å². The summed E-state index contributed by atoms with van der Waals surface area (Å²) in [6, 6.07) is 6.76. The fourth-order valence-corrected chi connectivity index (χ4v) is 1.94. The topological polar surface area (TPSA) is 75.7 Å². The van der Waals surface area contributed by atoms with Crippen LogP contribution < -0.4 is 10.2 Å². The van der Waals surface area contributed by atoms with E-state index in [1.165, 1.54) is 18.7 Å². The first-order chi connectivity index (χ1) is 10.5. The van der Waals surface area contributed by atoms with Gasteiger partial charge in [-0.15, -0.1) is 0 Å². The quantitative estimate of drug-likeness (QED) is 0.582. The van der Waals surface area contributed by atoms with E-state index >= 15 is 0 Å². The van der Waals surface area contributed by atoms with Gasteiger partial charge in [0.15, 0.2) is 5.78 Å². The van der Waals surface area contributed by atoms with E-state index in [9.17, 15) is 14.4 Å². The lowest BCUT2D eigenvalue weighted by Crippen LogP contribution is -2.34. The summed E-state index contributed by atoms with van der Waals surface area (Å²) in [7, 11) is 1.56. The van der Waals surface area contributed by atoms with E-state index in [0.717, 1.165) is 0 Å². The van der Waals surface area contributed by atoms with Gasteiger partial charge < -0.3 is 15.0 Å². The first kappa shape index (κ1) is 17.8. The molecule has 0 heterocycles. The number of hydrogen-bond acceptors (Lipinski definition) is 4. The van der Waals surface area contributed by atoms with Crippen molar-refractivity contribution in [3.05, 3.63) is 29.8 Å². The predicted octanol–water partition coefficient (Wildman–Crippen LogP) is 1.39. The highest BCUT2D eigenvalue weighted by atomic mass is 16.5. The Morgan fingerprint density at radius 1 is 1.14 bits per heavy atom. The van der Waals surface area contributed by atoms with Crippen LogP contribution in [0.3, 0.4) is 0 Å². The fraction of sp³-hybridized carbons (Fsp3) is 0.438. The molecule has 1 N–H and O–H groups in total. The van der Waals surface area contributed by atoms with Crippen molar-refractivity contribution in [2.75, 3.05) is 31.7 Å². The van der Waals surface area contributed by atoms with Gasteiger partial charge in [-0.3, -0.25) is 14.4 Å². The molecule has 1 aromatic carbocycles. The number of methoxy groups -OCH3 is 1. The molecule has 0 aliphatic rings. The van der Waals surface area contributed by atoms with Crippen LogP contribution in [0.1, 0.15) is 30.6 Å². The number of carbonyl (C=O) groups is 3. The van der Waals surface area contributed by atoms with E-state index in [-0.39, 0.29) is 30.6 Å². The molecule has 0 fully saturated rings. The lowest BCUT2D eigenvalue weighted by atomic mass is 10.1. The third-order valence-corrected chi connectivity index (χ3v) is 3.16. The monoisotopic (exact) mass is 306 g/mol. The van der Waals surface area contributed by atoms with Crippen molar-refractivity contribution in [2.45, 2.75) is 20.3 Å². The molecule has 0 unspecified atom stereocenters. The first-order valence-electron chi connectivity index (χ1n) is 7.10. The minimum Gasteiger partial charge on any atom is -0.383 e. The summed E-state index contributed by atoms with van der Waals surface area (Å²) < 4.78 is 4.85. The van der Waals surface area contributed by atoms with Gasteiger partial charge >= 0.3 is 0 Å². The van der Waals surface area contributed by atoms with Crippen molar-refractivity contribution in [3.8, 4) is 0 Å². The highest BCUT2D eigenvalue weighted by molar-refractivity contribution is 5.96. The molecule has 0 saturated carbocycles. The molecule has 1 aromatic rings. The molecule has 0 spiro atoms. The summed E-state index contributed by atoms with van der Waals surface area (Å²) in [4.78, 5) is 36.2. The summed E-state index contributed by atoms with van der Waals surface area (Å²) in [5.41, 5.74) is 1.26. The normalized spacial score (nSPS) is 10.1. The molecule has 0 radical (unpaired) electrons. The van der Waals surface area contributed by atoms with Crippen molar-refractivity contribution in [2.24, 2.45) is 0 Å². The number of ether oxygens (including phenoxy) is 1. The Bertz CT molecular complexity index is 525. The second-order valence-electron chi connectivity index (χ2n) is 4.87. The van der Waals surface area contributed by atoms with Crippen molar-refractivity contribution in [1.29, 1.82) is 0 Å². The average Bonchev–Trinajstić information content (AvgIpc) is 2.48. The van der Waals surface area contributed by atoms with Crippen LogP contribution in [0.5, 0.6) is 0 Å². The van der Waals surface area contributed by atoms with Crippen molar-refractivity contribution in [3.63, 3.8) is 0 Å². The second-order valence-corrected chi connectivity index (χ2v) is 4.87. The Kier molecular flexibility index (Phi) is 7.25. The third kappa shape index (κ3) is 5.65. The van der Waals surface area contributed by atoms with Gasteiger partial charge in [0.1, 0.15) is 0 Å². The van der Waals surface area contributed by atoms with E-state index in [4.69, 9.17) is 4.74 Å². The molecule has 0 aromatic heterocycles. The van der Waals surface area contributed by atoms with E-state index in [1.807, 2.05) is 0 Å². The number of ketones is 1. The summed E-state index contributed by atoms with van der Waals surface area (Å²) in [5, 5.41) is 2.71. The highest BCUT2D eigenvalue weighted by Gasteiger charge is 2.13. The predicted molar refractivity (Wildman–Crippen MR) is 84.0 cm³/mol. The maximum Gasteiger partial charge on any atom is 0.223 e. The van der Waals surface area contributed by atoms with Crippen LogP contribution in [0.15, 0.2) is 24.3 Å². The van der Waals surface area contributed by atoms with E-state index in [0.29, 0.717) is 24.4 Å². The molecule has 0 aliphatic carbocycles. The molecule has 120 valence electrons. The molecule has 1 rings (SSSR count). The van der Waals surface area contributed by atoms with Crippen LogP contribution >= 0.6 is 0 Å². The number of Topliss-reactive ketones (excluding diaryl/α,β-unsaturated/α-hetero) is 1. The zero-order valence-corrected chi connectivity index (χ0v) is 13.2. The Labute approximate surface area is 130 Å².